The van der Waals surface area contributed by atoms with Gasteiger partial charge in [0.1, 0.15) is 11.5 Å². The van der Waals surface area contributed by atoms with Gasteiger partial charge < -0.3 is 9.47 Å². The van der Waals surface area contributed by atoms with Crippen LogP contribution in [0.25, 0.3) is 6.08 Å². The molecule has 0 fully saturated rings. The van der Waals surface area contributed by atoms with E-state index in [0.29, 0.717) is 12.4 Å². The van der Waals surface area contributed by atoms with Gasteiger partial charge in [0.25, 0.3) is 0 Å². The van der Waals surface area contributed by atoms with Crippen LogP contribution < -0.4 is 4.74 Å². The SMILES string of the molecule is CCOc1cccc(C=CC(=O)C2C(=O)C=C(C)OC2=O)c1. The Morgan fingerprint density at radius 3 is 2.82 bits per heavy atom. The van der Waals surface area contributed by atoms with E-state index in [1.807, 2.05) is 6.92 Å². The number of esters is 1. The first-order chi connectivity index (χ1) is 10.5. The summed E-state index contributed by atoms with van der Waals surface area (Å²) >= 11 is 0. The number of ether oxygens (including phenoxy) is 2. The normalized spacial score (nSPS) is 18.1. The molecule has 5 nitrogen and oxygen atoms in total. The zero-order valence-corrected chi connectivity index (χ0v) is 12.4. The van der Waals surface area contributed by atoms with Crippen molar-refractivity contribution in [2.24, 2.45) is 5.92 Å². The summed E-state index contributed by atoms with van der Waals surface area (Å²) in [7, 11) is 0. The molecule has 2 rings (SSSR count). The number of rotatable bonds is 5. The quantitative estimate of drug-likeness (QED) is 0.474. The van der Waals surface area contributed by atoms with E-state index in [0.717, 1.165) is 11.6 Å². The largest absolute Gasteiger partial charge is 0.494 e. The lowest BCUT2D eigenvalue weighted by Gasteiger charge is -2.15. The van der Waals surface area contributed by atoms with Crippen LogP contribution in [0.4, 0.5) is 0 Å². The molecule has 0 bridgehead atoms. The molecule has 1 unspecified atom stereocenters. The summed E-state index contributed by atoms with van der Waals surface area (Å²) in [4.78, 5) is 35.4. The number of ketones is 2. The van der Waals surface area contributed by atoms with E-state index in [4.69, 9.17) is 9.47 Å². The number of cyclic esters (lactones) is 1. The molecule has 22 heavy (non-hydrogen) atoms. The number of carbonyl (C=O) groups excluding carboxylic acids is 3. The van der Waals surface area contributed by atoms with E-state index in [1.54, 1.807) is 24.3 Å². The summed E-state index contributed by atoms with van der Waals surface area (Å²) in [5.74, 6) is -2.50. The molecule has 1 aliphatic heterocycles. The highest BCUT2D eigenvalue weighted by Crippen LogP contribution is 2.18. The topological polar surface area (TPSA) is 69.7 Å². The van der Waals surface area contributed by atoms with Crippen LogP contribution in [0.3, 0.4) is 0 Å². The minimum absolute atomic E-state index is 0.201. The van der Waals surface area contributed by atoms with Gasteiger partial charge in [0.2, 0.25) is 0 Å². The van der Waals surface area contributed by atoms with E-state index in [2.05, 4.69) is 0 Å². The van der Waals surface area contributed by atoms with Gasteiger partial charge in [-0.3, -0.25) is 14.4 Å². The predicted molar refractivity (Wildman–Crippen MR) is 80.0 cm³/mol. The Hall–Kier alpha value is -2.69. The summed E-state index contributed by atoms with van der Waals surface area (Å²) in [6.45, 7) is 3.91. The van der Waals surface area contributed by atoms with Gasteiger partial charge in [-0.15, -0.1) is 0 Å². The zero-order chi connectivity index (χ0) is 16.1. The van der Waals surface area contributed by atoms with Crippen molar-refractivity contribution in [3.8, 4) is 5.75 Å². The van der Waals surface area contributed by atoms with Crippen LogP contribution in [0.5, 0.6) is 5.75 Å². The number of hydrogen-bond acceptors (Lipinski definition) is 5. The molecule has 1 aliphatic rings. The minimum Gasteiger partial charge on any atom is -0.494 e. The number of hydrogen-bond donors (Lipinski definition) is 0. The van der Waals surface area contributed by atoms with Crippen molar-refractivity contribution < 1.29 is 23.9 Å². The van der Waals surface area contributed by atoms with Crippen molar-refractivity contribution in [2.45, 2.75) is 13.8 Å². The van der Waals surface area contributed by atoms with Gasteiger partial charge >= 0.3 is 5.97 Å². The molecule has 5 heteroatoms. The van der Waals surface area contributed by atoms with Gasteiger partial charge in [0, 0.05) is 6.08 Å². The van der Waals surface area contributed by atoms with Crippen molar-refractivity contribution in [2.75, 3.05) is 6.61 Å². The van der Waals surface area contributed by atoms with Crippen molar-refractivity contribution in [3.05, 3.63) is 47.7 Å². The second-order valence-electron chi connectivity index (χ2n) is 4.75. The van der Waals surface area contributed by atoms with E-state index >= 15 is 0 Å². The zero-order valence-electron chi connectivity index (χ0n) is 12.4. The standard InChI is InChI=1S/C17H16O5/c1-3-21-13-6-4-5-12(10-13)7-8-14(18)16-15(19)9-11(2)22-17(16)20/h4-10,16H,3H2,1-2H3. The van der Waals surface area contributed by atoms with Crippen LogP contribution in [0.15, 0.2) is 42.2 Å². The van der Waals surface area contributed by atoms with Gasteiger partial charge in [0.15, 0.2) is 17.5 Å². The Morgan fingerprint density at radius 1 is 1.36 bits per heavy atom. The molecule has 1 atom stereocenters. The summed E-state index contributed by atoms with van der Waals surface area (Å²) in [6.07, 6.45) is 3.91. The molecule has 0 spiro atoms. The molecule has 0 saturated carbocycles. The van der Waals surface area contributed by atoms with Crippen molar-refractivity contribution in [1.29, 1.82) is 0 Å². The fourth-order valence-electron chi connectivity index (χ4n) is 2.05. The predicted octanol–water partition coefficient (Wildman–Crippen LogP) is 2.31. The second kappa shape index (κ2) is 6.85. The highest BCUT2D eigenvalue weighted by molar-refractivity contribution is 6.25. The lowest BCUT2D eigenvalue weighted by Crippen LogP contribution is -2.34. The summed E-state index contributed by atoms with van der Waals surface area (Å²) in [5, 5.41) is 0. The first-order valence-corrected chi connectivity index (χ1v) is 6.90. The number of carbonyl (C=O) groups is 3. The molecule has 0 aliphatic carbocycles. The fourth-order valence-corrected chi connectivity index (χ4v) is 2.05. The van der Waals surface area contributed by atoms with Crippen molar-refractivity contribution in [3.63, 3.8) is 0 Å². The highest BCUT2D eigenvalue weighted by Gasteiger charge is 2.36. The maximum absolute atomic E-state index is 12.0. The maximum atomic E-state index is 12.0. The monoisotopic (exact) mass is 300 g/mol. The van der Waals surface area contributed by atoms with E-state index in [9.17, 15) is 14.4 Å². The third-order valence-corrected chi connectivity index (χ3v) is 3.02. The van der Waals surface area contributed by atoms with Crippen molar-refractivity contribution in [1.82, 2.24) is 0 Å². The van der Waals surface area contributed by atoms with E-state index in [-0.39, 0.29) is 5.76 Å². The summed E-state index contributed by atoms with van der Waals surface area (Å²) < 4.78 is 10.2. The van der Waals surface area contributed by atoms with Crippen LogP contribution in [0, 0.1) is 5.92 Å². The Balaban J connectivity index is 2.13. The molecule has 0 saturated heterocycles. The van der Waals surface area contributed by atoms with Gasteiger partial charge in [0.05, 0.1) is 6.61 Å². The lowest BCUT2D eigenvalue weighted by molar-refractivity contribution is -0.151. The molecule has 0 N–H and O–H groups in total. The Labute approximate surface area is 128 Å². The maximum Gasteiger partial charge on any atom is 0.329 e. The molecule has 0 radical (unpaired) electrons. The van der Waals surface area contributed by atoms with Crippen LogP contribution >= 0.6 is 0 Å². The van der Waals surface area contributed by atoms with Gasteiger partial charge in [-0.1, -0.05) is 18.2 Å². The first-order valence-electron chi connectivity index (χ1n) is 6.90. The molecule has 1 heterocycles. The fraction of sp³-hybridized carbons (Fsp3) is 0.235. The first kappa shape index (κ1) is 15.7. The molecule has 0 amide bonds. The van der Waals surface area contributed by atoms with Crippen LogP contribution in [0.1, 0.15) is 19.4 Å². The Kier molecular flexibility index (Phi) is 4.88. The number of benzene rings is 1. The lowest BCUT2D eigenvalue weighted by atomic mass is 9.96. The van der Waals surface area contributed by atoms with E-state index in [1.165, 1.54) is 19.1 Å². The molecule has 1 aromatic rings. The van der Waals surface area contributed by atoms with Gasteiger partial charge in [-0.2, -0.15) is 0 Å². The molecule has 0 aromatic heterocycles. The molecule has 114 valence electrons. The molecular formula is C17H16O5. The van der Waals surface area contributed by atoms with Gasteiger partial charge in [-0.05, 0) is 37.6 Å². The van der Waals surface area contributed by atoms with Crippen LogP contribution in [-0.4, -0.2) is 24.1 Å². The minimum atomic E-state index is -1.41. The summed E-state index contributed by atoms with van der Waals surface area (Å²) in [5.41, 5.74) is 0.739. The third kappa shape index (κ3) is 3.69. The average Bonchev–Trinajstić information content (AvgIpc) is 2.45. The second-order valence-corrected chi connectivity index (χ2v) is 4.75. The Bertz CT molecular complexity index is 669. The Morgan fingerprint density at radius 2 is 2.14 bits per heavy atom. The smallest absolute Gasteiger partial charge is 0.329 e. The van der Waals surface area contributed by atoms with Crippen molar-refractivity contribution >= 4 is 23.6 Å². The average molecular weight is 300 g/mol. The van der Waals surface area contributed by atoms with Crippen LogP contribution in [0.2, 0.25) is 0 Å². The van der Waals surface area contributed by atoms with E-state index < -0.39 is 23.5 Å². The summed E-state index contributed by atoms with van der Waals surface area (Å²) in [6, 6.07) is 7.15. The third-order valence-electron chi connectivity index (χ3n) is 3.02. The number of allylic oxidation sites excluding steroid dienone is 3. The molecule has 1 aromatic carbocycles. The highest BCUT2D eigenvalue weighted by atomic mass is 16.5. The molecular weight excluding hydrogens is 284 g/mol. The van der Waals surface area contributed by atoms with Crippen LogP contribution in [-0.2, 0) is 19.1 Å². The van der Waals surface area contributed by atoms with Gasteiger partial charge in [-0.25, -0.2) is 0 Å².